The molecule has 24 heavy (non-hydrogen) atoms. The number of hydrogen-bond acceptors (Lipinski definition) is 3. The third-order valence-corrected chi connectivity index (χ3v) is 4.37. The lowest BCUT2D eigenvalue weighted by Gasteiger charge is -2.10. The summed E-state index contributed by atoms with van der Waals surface area (Å²) in [6.45, 7) is 1.76. The molecule has 0 spiro atoms. The summed E-state index contributed by atoms with van der Waals surface area (Å²) in [5, 5.41) is 6.37. The molecule has 1 aromatic carbocycles. The number of nitrogens with zero attached hydrogens (tertiary/aromatic N) is 2. The molecule has 1 amide bonds. The van der Waals surface area contributed by atoms with Gasteiger partial charge in [-0.3, -0.25) is 4.79 Å². The Bertz CT molecular complexity index is 653. The smallest absolute Gasteiger partial charge is 0.221 e. The maximum atomic E-state index is 11.8. The number of para-hydroxylation sites is 2. The molecule has 1 aromatic heterocycles. The third-order valence-electron chi connectivity index (χ3n) is 4.37. The van der Waals surface area contributed by atoms with Crippen molar-refractivity contribution >= 4 is 41.8 Å². The van der Waals surface area contributed by atoms with E-state index in [0.29, 0.717) is 12.5 Å². The van der Waals surface area contributed by atoms with Crippen LogP contribution in [-0.4, -0.2) is 34.6 Å². The van der Waals surface area contributed by atoms with Gasteiger partial charge in [0.15, 0.2) is 0 Å². The molecule has 5 nitrogen and oxygen atoms in total. The van der Waals surface area contributed by atoms with Gasteiger partial charge >= 0.3 is 0 Å². The third kappa shape index (κ3) is 5.10. The number of hydrogen-bond donors (Lipinski definition) is 2. The van der Waals surface area contributed by atoms with E-state index in [1.54, 1.807) is 0 Å². The molecule has 134 valence electrons. The number of imidazole rings is 1. The fourth-order valence-corrected chi connectivity index (χ4v) is 3.12. The number of benzene rings is 1. The van der Waals surface area contributed by atoms with Crippen LogP contribution in [0.4, 0.5) is 0 Å². The maximum absolute atomic E-state index is 11.8. The Balaban J connectivity index is 0.00000144. The molecule has 7 heteroatoms. The lowest BCUT2D eigenvalue weighted by Crippen LogP contribution is -2.32. The SMILES string of the molecule is Cl.Cl.Cn1c(CCCNC(=O)CC2CCCN2)nc2ccccc21. The zero-order valence-corrected chi connectivity index (χ0v) is 15.6. The zero-order valence-electron chi connectivity index (χ0n) is 14.0. The molecule has 1 aliphatic heterocycles. The molecular weight excluding hydrogens is 347 g/mol. The molecule has 0 bridgehead atoms. The quantitative estimate of drug-likeness (QED) is 0.766. The average molecular weight is 373 g/mol. The first-order valence-corrected chi connectivity index (χ1v) is 8.14. The monoisotopic (exact) mass is 372 g/mol. The van der Waals surface area contributed by atoms with E-state index >= 15 is 0 Å². The van der Waals surface area contributed by atoms with Crippen LogP contribution in [-0.2, 0) is 18.3 Å². The van der Waals surface area contributed by atoms with Gasteiger partial charge in [-0.15, -0.1) is 24.8 Å². The second kappa shape index (κ2) is 9.87. The van der Waals surface area contributed by atoms with Crippen LogP contribution < -0.4 is 10.6 Å². The number of amides is 1. The highest BCUT2D eigenvalue weighted by atomic mass is 35.5. The van der Waals surface area contributed by atoms with E-state index < -0.39 is 0 Å². The summed E-state index contributed by atoms with van der Waals surface area (Å²) >= 11 is 0. The Morgan fingerprint density at radius 3 is 2.88 bits per heavy atom. The van der Waals surface area contributed by atoms with E-state index in [1.165, 1.54) is 6.42 Å². The lowest BCUT2D eigenvalue weighted by atomic mass is 10.1. The van der Waals surface area contributed by atoms with Crippen molar-refractivity contribution in [3.63, 3.8) is 0 Å². The molecule has 0 saturated carbocycles. The highest BCUT2D eigenvalue weighted by Gasteiger charge is 2.17. The van der Waals surface area contributed by atoms with Crippen LogP contribution in [0.2, 0.25) is 0 Å². The highest BCUT2D eigenvalue weighted by molar-refractivity contribution is 5.85. The van der Waals surface area contributed by atoms with Gasteiger partial charge in [-0.1, -0.05) is 12.1 Å². The number of aromatic nitrogens is 2. The Labute approximate surface area is 155 Å². The second-order valence-corrected chi connectivity index (χ2v) is 6.03. The molecule has 0 radical (unpaired) electrons. The minimum absolute atomic E-state index is 0. The van der Waals surface area contributed by atoms with Gasteiger partial charge in [0, 0.05) is 32.5 Å². The highest BCUT2D eigenvalue weighted by Crippen LogP contribution is 2.15. The largest absolute Gasteiger partial charge is 0.356 e. The molecule has 2 aromatic rings. The minimum Gasteiger partial charge on any atom is -0.356 e. The van der Waals surface area contributed by atoms with E-state index in [4.69, 9.17) is 0 Å². The summed E-state index contributed by atoms with van der Waals surface area (Å²) in [5.41, 5.74) is 2.20. The number of nitrogens with one attached hydrogen (secondary N) is 2. The number of aryl methyl sites for hydroxylation is 2. The fraction of sp³-hybridized carbons (Fsp3) is 0.529. The first kappa shape index (κ1) is 20.7. The summed E-state index contributed by atoms with van der Waals surface area (Å²) in [5.74, 6) is 1.23. The molecule has 3 rings (SSSR count). The second-order valence-electron chi connectivity index (χ2n) is 6.03. The molecule has 2 heterocycles. The average Bonchev–Trinajstić information content (AvgIpc) is 3.13. The van der Waals surface area contributed by atoms with Crippen LogP contribution in [0, 0.1) is 0 Å². The summed E-state index contributed by atoms with van der Waals surface area (Å²) in [6.07, 6.45) is 4.71. The predicted molar refractivity (Wildman–Crippen MR) is 102 cm³/mol. The van der Waals surface area contributed by atoms with E-state index in [2.05, 4.69) is 33.3 Å². The van der Waals surface area contributed by atoms with E-state index in [-0.39, 0.29) is 30.7 Å². The van der Waals surface area contributed by atoms with Crippen molar-refractivity contribution in [3.05, 3.63) is 30.1 Å². The number of halogens is 2. The van der Waals surface area contributed by atoms with Gasteiger partial charge in [0.05, 0.1) is 11.0 Å². The van der Waals surface area contributed by atoms with E-state index in [1.807, 2.05) is 18.2 Å². The van der Waals surface area contributed by atoms with Crippen LogP contribution in [0.3, 0.4) is 0 Å². The van der Waals surface area contributed by atoms with Gasteiger partial charge in [-0.05, 0) is 37.9 Å². The van der Waals surface area contributed by atoms with Gasteiger partial charge < -0.3 is 15.2 Å². The summed E-state index contributed by atoms with van der Waals surface area (Å²) in [6, 6.07) is 8.54. The van der Waals surface area contributed by atoms with Crippen molar-refractivity contribution < 1.29 is 4.79 Å². The molecule has 1 atom stereocenters. The summed E-state index contributed by atoms with van der Waals surface area (Å²) in [4.78, 5) is 16.5. The molecule has 1 unspecified atom stereocenters. The standard InChI is InChI=1S/C17H24N4O.2ClH/c1-21-15-8-3-2-7-14(15)20-16(21)9-5-11-19-17(22)12-13-6-4-10-18-13;;/h2-3,7-8,13,18H,4-6,9-12H2,1H3,(H,19,22);2*1H. The van der Waals surface area contributed by atoms with Gasteiger partial charge in [0.25, 0.3) is 0 Å². The van der Waals surface area contributed by atoms with Crippen LogP contribution in [0.5, 0.6) is 0 Å². The normalized spacial score (nSPS) is 16.5. The number of rotatable bonds is 6. The summed E-state index contributed by atoms with van der Waals surface area (Å²) in [7, 11) is 2.05. The molecule has 2 N–H and O–H groups in total. The molecule has 1 aliphatic rings. The van der Waals surface area contributed by atoms with Crippen molar-refractivity contribution in [3.8, 4) is 0 Å². The Hall–Kier alpha value is -1.30. The number of carbonyl (C=O) groups is 1. The lowest BCUT2D eigenvalue weighted by molar-refractivity contribution is -0.121. The first-order chi connectivity index (χ1) is 10.7. The van der Waals surface area contributed by atoms with Crippen LogP contribution in [0.1, 0.15) is 31.5 Å². The number of fused-ring (bicyclic) bond motifs is 1. The molecule has 0 aliphatic carbocycles. The van der Waals surface area contributed by atoms with Crippen LogP contribution in [0.25, 0.3) is 11.0 Å². The van der Waals surface area contributed by atoms with Crippen LogP contribution >= 0.6 is 24.8 Å². The van der Waals surface area contributed by atoms with Crippen molar-refractivity contribution in [1.29, 1.82) is 0 Å². The van der Waals surface area contributed by atoms with Crippen molar-refractivity contribution in [2.75, 3.05) is 13.1 Å². The van der Waals surface area contributed by atoms with Crippen molar-refractivity contribution in [2.45, 2.75) is 38.1 Å². The minimum atomic E-state index is 0. The molecule has 1 saturated heterocycles. The number of carbonyl (C=O) groups excluding carboxylic acids is 1. The molecule has 1 fully saturated rings. The Kier molecular flexibility index (Phi) is 8.53. The topological polar surface area (TPSA) is 59.0 Å². The Morgan fingerprint density at radius 2 is 2.17 bits per heavy atom. The van der Waals surface area contributed by atoms with Gasteiger partial charge in [-0.2, -0.15) is 0 Å². The fourth-order valence-electron chi connectivity index (χ4n) is 3.12. The predicted octanol–water partition coefficient (Wildman–Crippen LogP) is 2.61. The zero-order chi connectivity index (χ0) is 15.4. The molecular formula is C17H26Cl2N4O. The Morgan fingerprint density at radius 1 is 1.38 bits per heavy atom. The van der Waals surface area contributed by atoms with Gasteiger partial charge in [0.1, 0.15) is 5.82 Å². The first-order valence-electron chi connectivity index (χ1n) is 8.14. The van der Waals surface area contributed by atoms with Gasteiger partial charge in [0.2, 0.25) is 5.91 Å². The summed E-state index contributed by atoms with van der Waals surface area (Å²) < 4.78 is 2.14. The van der Waals surface area contributed by atoms with Crippen LogP contribution in [0.15, 0.2) is 24.3 Å². The van der Waals surface area contributed by atoms with E-state index in [0.717, 1.165) is 49.2 Å². The maximum Gasteiger partial charge on any atom is 0.221 e. The van der Waals surface area contributed by atoms with Crippen molar-refractivity contribution in [1.82, 2.24) is 20.2 Å². The van der Waals surface area contributed by atoms with E-state index in [9.17, 15) is 4.79 Å². The van der Waals surface area contributed by atoms with Crippen molar-refractivity contribution in [2.24, 2.45) is 7.05 Å². The van der Waals surface area contributed by atoms with Gasteiger partial charge in [-0.25, -0.2) is 4.98 Å².